The minimum Gasteiger partial charge on any atom is -0.793 e. The van der Waals surface area contributed by atoms with Crippen molar-refractivity contribution in [3.63, 3.8) is 0 Å². The molecule has 68 heavy (non-hydrogen) atoms. The first-order valence-electron chi connectivity index (χ1n) is 19.9. The largest absolute Gasteiger partial charge is 1.00 e. The van der Waals surface area contributed by atoms with Gasteiger partial charge < -0.3 is 63.0 Å². The predicted octanol–water partition coefficient (Wildman–Crippen LogP) is 1.88. The summed E-state index contributed by atoms with van der Waals surface area (Å²) in [6.07, 6.45) is 1.40. The molecular formula is C43H65BCl3N3NaO17. The van der Waals surface area contributed by atoms with Crippen molar-refractivity contribution in [3.8, 4) is 0 Å². The number of methoxy groups -OCH3 is 2. The van der Waals surface area contributed by atoms with Crippen LogP contribution >= 0.6 is 35.6 Å². The van der Waals surface area contributed by atoms with Gasteiger partial charge in [-0.3, -0.25) is 14.4 Å². The van der Waals surface area contributed by atoms with Crippen molar-refractivity contribution >= 4 is 92.0 Å². The van der Waals surface area contributed by atoms with E-state index in [9.17, 15) is 43.5 Å². The summed E-state index contributed by atoms with van der Waals surface area (Å²) >= 11 is 11.7. The molecule has 0 heterocycles. The minimum atomic E-state index is -0.889. The van der Waals surface area contributed by atoms with Crippen molar-refractivity contribution in [2.75, 3.05) is 27.4 Å². The first-order chi connectivity index (χ1) is 30.6. The Bertz CT molecular complexity index is 1760. The molecule has 0 bridgehead atoms. The molecule has 0 aliphatic carbocycles. The van der Waals surface area contributed by atoms with Crippen LogP contribution < -0.4 is 45.9 Å². The Morgan fingerprint density at radius 1 is 0.676 bits per heavy atom. The third-order valence-corrected chi connectivity index (χ3v) is 7.62. The SMILES string of the molecule is CC(=O)OOC(C)=O.CC(C)(C)OC(=O)N[C@H](C=O)Cc1ccc(Cl)cc1.COC(=O)[C@@H](N)CO.COC(=O)[C@H](CO)CC[C@H](Cc1ccc(Cl)cc1)NC(=O)OC(C)(C)C.Cl.[B-]OC(C)=O.[Na+]. The molecule has 25 heteroatoms. The summed E-state index contributed by atoms with van der Waals surface area (Å²) in [7, 11) is 6.83. The molecular weight excluding hydrogens is 971 g/mol. The summed E-state index contributed by atoms with van der Waals surface area (Å²) in [5.74, 6) is -3.42. The number of rotatable bonds is 14. The van der Waals surface area contributed by atoms with Gasteiger partial charge in [0.05, 0.1) is 39.4 Å². The van der Waals surface area contributed by atoms with E-state index in [1.165, 1.54) is 21.1 Å². The van der Waals surface area contributed by atoms with Crippen LogP contribution in [0.15, 0.2) is 48.5 Å². The number of halogens is 3. The molecule has 20 nitrogen and oxygen atoms in total. The normalized spacial score (nSPS) is 11.7. The summed E-state index contributed by atoms with van der Waals surface area (Å²) < 4.78 is 22.9. The molecule has 0 unspecified atom stereocenters. The van der Waals surface area contributed by atoms with Crippen LogP contribution in [-0.2, 0) is 75.0 Å². The van der Waals surface area contributed by atoms with Gasteiger partial charge in [-0.05, 0) is 103 Å². The Labute approximate surface area is 437 Å². The Hall–Kier alpha value is -4.19. The number of carbonyl (C=O) groups excluding carboxylic acids is 8. The van der Waals surface area contributed by atoms with E-state index >= 15 is 0 Å². The average Bonchev–Trinajstić information content (AvgIpc) is 3.23. The number of esters is 2. The third-order valence-electron chi connectivity index (χ3n) is 7.11. The van der Waals surface area contributed by atoms with Gasteiger partial charge in [-0.25, -0.2) is 29.0 Å². The number of aliphatic hydroxyl groups excluding tert-OH is 2. The number of carbonyl (C=O) groups is 8. The second kappa shape index (κ2) is 40.7. The molecule has 3 radical (unpaired) electrons. The fourth-order valence-electron chi connectivity index (χ4n) is 4.27. The van der Waals surface area contributed by atoms with Crippen LogP contribution in [-0.4, -0.2) is 123 Å². The maximum absolute atomic E-state index is 12.1. The second-order valence-electron chi connectivity index (χ2n) is 15.4. The van der Waals surface area contributed by atoms with E-state index in [2.05, 4.69) is 42.6 Å². The molecule has 0 saturated carbocycles. The number of nitrogens with two attached hydrogens (primary N) is 1. The van der Waals surface area contributed by atoms with Crippen LogP contribution in [0, 0.1) is 5.92 Å². The van der Waals surface area contributed by atoms with Gasteiger partial charge in [-0.15, -0.1) is 12.4 Å². The Morgan fingerprint density at radius 3 is 1.35 bits per heavy atom. The topological polar surface area (TPSA) is 292 Å². The van der Waals surface area contributed by atoms with Gasteiger partial charge in [0.25, 0.3) is 0 Å². The van der Waals surface area contributed by atoms with Crippen molar-refractivity contribution in [3.05, 3.63) is 69.7 Å². The van der Waals surface area contributed by atoms with Crippen LogP contribution in [0.25, 0.3) is 0 Å². The van der Waals surface area contributed by atoms with Gasteiger partial charge in [-0.2, -0.15) is 0 Å². The molecule has 6 N–H and O–H groups in total. The van der Waals surface area contributed by atoms with Crippen LogP contribution in [0.5, 0.6) is 0 Å². The first kappa shape index (κ1) is 72.8. The van der Waals surface area contributed by atoms with Crippen LogP contribution in [0.2, 0.25) is 10.0 Å². The molecule has 2 aromatic rings. The van der Waals surface area contributed by atoms with Crippen molar-refractivity contribution in [2.24, 2.45) is 11.7 Å². The number of amides is 2. The van der Waals surface area contributed by atoms with Gasteiger partial charge in [0.1, 0.15) is 23.5 Å². The van der Waals surface area contributed by atoms with E-state index in [0.29, 0.717) is 42.0 Å². The summed E-state index contributed by atoms with van der Waals surface area (Å²) in [6, 6.07) is 12.7. The minimum absolute atomic E-state index is 0. The van der Waals surface area contributed by atoms with Crippen molar-refractivity contribution in [1.29, 1.82) is 0 Å². The molecule has 0 fully saturated rings. The molecule has 0 aliphatic rings. The Balaban J connectivity index is -0.000000274. The van der Waals surface area contributed by atoms with Gasteiger partial charge in [0.15, 0.2) is 0 Å². The van der Waals surface area contributed by atoms with Gasteiger partial charge in [-0.1, -0.05) is 47.5 Å². The summed E-state index contributed by atoms with van der Waals surface area (Å²) in [4.78, 5) is 93.3. The summed E-state index contributed by atoms with van der Waals surface area (Å²) in [6.45, 7) is 13.5. The predicted molar refractivity (Wildman–Crippen MR) is 250 cm³/mol. The number of aldehydes is 1. The quantitative estimate of drug-likeness (QED) is 0.0451. The van der Waals surface area contributed by atoms with E-state index in [1.807, 2.05) is 24.3 Å². The van der Waals surface area contributed by atoms with Gasteiger partial charge >= 0.3 is 65.6 Å². The number of ether oxygens (including phenoxy) is 4. The molecule has 0 aliphatic heterocycles. The number of hydrogen-bond acceptors (Lipinski definition) is 18. The van der Waals surface area contributed by atoms with E-state index in [4.69, 9.17) is 43.5 Å². The number of nitrogens with one attached hydrogen (secondary N) is 2. The smallest absolute Gasteiger partial charge is 0.793 e. The Kier molecular flexibility index (Phi) is 43.5. The summed E-state index contributed by atoms with van der Waals surface area (Å²) in [5, 5.41) is 24.2. The fraction of sp³-hybridized carbons (Fsp3) is 0.535. The average molecular weight is 1040 g/mol. The molecule has 2 aromatic carbocycles. The van der Waals surface area contributed by atoms with Crippen molar-refractivity contribution in [2.45, 2.75) is 117 Å². The zero-order chi connectivity index (χ0) is 51.6. The molecule has 0 spiro atoms. The number of hydrogen-bond donors (Lipinski definition) is 5. The monoisotopic (exact) mass is 1030 g/mol. The van der Waals surface area contributed by atoms with Gasteiger partial charge in [0.2, 0.25) is 5.97 Å². The van der Waals surface area contributed by atoms with E-state index in [1.54, 1.807) is 65.8 Å². The number of benzene rings is 2. The molecule has 2 amide bonds. The van der Waals surface area contributed by atoms with E-state index in [-0.39, 0.29) is 61.2 Å². The maximum atomic E-state index is 12.1. The zero-order valence-corrected chi connectivity index (χ0v) is 44.9. The van der Waals surface area contributed by atoms with Crippen LogP contribution in [0.1, 0.15) is 86.3 Å². The van der Waals surface area contributed by atoms with E-state index in [0.717, 1.165) is 25.0 Å². The maximum Gasteiger partial charge on any atom is 1.00 e. The molecule has 0 saturated heterocycles. The van der Waals surface area contributed by atoms with Crippen LogP contribution in [0.3, 0.4) is 0 Å². The van der Waals surface area contributed by atoms with Crippen LogP contribution in [0.4, 0.5) is 9.59 Å². The number of aliphatic hydroxyl groups is 2. The van der Waals surface area contributed by atoms with Crippen molar-refractivity contribution in [1.82, 2.24) is 10.6 Å². The summed E-state index contributed by atoms with van der Waals surface area (Å²) in [5.41, 5.74) is 5.72. The van der Waals surface area contributed by atoms with Crippen molar-refractivity contribution < 1.29 is 112 Å². The molecule has 379 valence electrons. The zero-order valence-electron chi connectivity index (χ0n) is 40.6. The Morgan fingerprint density at radius 2 is 1.06 bits per heavy atom. The van der Waals surface area contributed by atoms with Gasteiger partial charge in [0, 0.05) is 36.9 Å². The third kappa shape index (κ3) is 44.3. The number of alkyl carbamates (subject to hydrolysis) is 2. The van der Waals surface area contributed by atoms with E-state index < -0.39 is 71.2 Å². The standard InChI is InChI=1S/C19H28ClNO5.C14H18ClNO3.C4H9NO3.C4H6O4.C2H3BO2.ClH.Na/c1-19(2,3)26-18(24)21-16(10-7-14(12-22)17(23)25-4)11-13-5-8-15(20)9-6-13;1-14(2,3)19-13(18)16-12(9-17)8-10-4-6-11(15)7-5-10;1-8-4(7)3(5)2-6;1-3(5)7-8-4(2)6;1-2(4)5-3;;/h5-6,8-9,14,16,22H,7,10-12H2,1-4H3,(H,21,24);4-7,9,12H,8H2,1-3H3,(H,16,18);3,6H,2,5H2,1H3;1-2H3;1H3;1H;/q;;;;-1;;+1/t14-,16+;12-;3-;;;;/m000..../s1. The molecule has 4 atom stereocenters. The molecule has 0 aromatic heterocycles. The first-order valence-corrected chi connectivity index (χ1v) is 20.6. The second-order valence-corrected chi connectivity index (χ2v) is 16.3. The fourth-order valence-corrected chi connectivity index (χ4v) is 4.52. The molecule has 2 rings (SSSR count).